The molecule has 13 nitrogen and oxygen atoms in total. The smallest absolute Gasteiger partial charge is 0.305 e. The van der Waals surface area contributed by atoms with Gasteiger partial charge in [0.25, 0.3) is 20.0 Å². The SMILES string of the molecule is CCCCn1c2ccc(/C(CCCC(=O)OC)=N/NS(=O)(=O)c3ccc(C)cc3)cc2c2cc(/C(CCCC(=O)OC)=N/NS(=O)(=O)c3ccc(C)cc3)ccc21. The summed E-state index contributed by atoms with van der Waals surface area (Å²) < 4.78 is 64.9. The van der Waals surface area contributed by atoms with Crippen molar-refractivity contribution >= 4 is 65.2 Å². The molecule has 0 fully saturated rings. The first-order chi connectivity index (χ1) is 27.3. The molecule has 0 atom stereocenters. The summed E-state index contributed by atoms with van der Waals surface area (Å²) in [5, 5.41) is 10.5. The van der Waals surface area contributed by atoms with E-state index in [1.165, 1.54) is 38.5 Å². The Morgan fingerprint density at radius 3 is 1.37 bits per heavy atom. The average molecular weight is 816 g/mol. The van der Waals surface area contributed by atoms with Gasteiger partial charge in [0.2, 0.25) is 0 Å². The summed E-state index contributed by atoms with van der Waals surface area (Å²) in [6, 6.07) is 24.5. The Balaban J connectivity index is 1.61. The maximum Gasteiger partial charge on any atom is 0.305 e. The van der Waals surface area contributed by atoms with Crippen LogP contribution >= 0.6 is 0 Å². The Morgan fingerprint density at radius 2 is 1.00 bits per heavy atom. The first-order valence-electron chi connectivity index (χ1n) is 18.8. The Morgan fingerprint density at radius 1 is 0.596 bits per heavy atom. The molecule has 5 aromatic rings. The summed E-state index contributed by atoms with van der Waals surface area (Å²) in [6.45, 7) is 6.59. The van der Waals surface area contributed by atoms with Gasteiger partial charge in [-0.05, 0) is 106 Å². The number of benzene rings is 4. The molecule has 0 bridgehead atoms. The number of carbonyl (C=O) groups excluding carboxylic acids is 2. The monoisotopic (exact) mass is 815 g/mol. The quantitative estimate of drug-likeness (QED) is 0.0498. The van der Waals surface area contributed by atoms with Crippen LogP contribution in [-0.2, 0) is 45.7 Å². The molecule has 5 rings (SSSR count). The molecule has 1 aromatic heterocycles. The molecule has 0 saturated carbocycles. The molecular weight excluding hydrogens is 767 g/mol. The number of rotatable bonds is 19. The van der Waals surface area contributed by atoms with Gasteiger partial charge in [0, 0.05) is 41.2 Å². The Labute approximate surface area is 334 Å². The molecule has 4 aromatic carbocycles. The third kappa shape index (κ3) is 10.9. The number of carbonyl (C=O) groups is 2. The number of esters is 2. The van der Waals surface area contributed by atoms with E-state index in [0.717, 1.165) is 52.3 Å². The van der Waals surface area contributed by atoms with E-state index in [0.29, 0.717) is 35.4 Å². The van der Waals surface area contributed by atoms with E-state index in [-0.39, 0.29) is 47.4 Å². The third-order valence-electron chi connectivity index (χ3n) is 9.58. The van der Waals surface area contributed by atoms with Crippen LogP contribution in [0.1, 0.15) is 80.5 Å². The second kappa shape index (κ2) is 19.1. The van der Waals surface area contributed by atoms with Crippen molar-refractivity contribution < 1.29 is 35.9 Å². The number of hydrogen-bond donors (Lipinski definition) is 2. The standard InChI is InChI=1S/C42H49N5O8S2/c1-6-7-26-47-39-24-18-31(37(10-8-12-41(48)54-4)43-45-56(50,51)33-20-14-29(2)15-21-33)27-35(39)36-28-32(19-25-40(36)47)38(11-9-13-42(49)55-5)44-46-57(52,53)34-22-16-30(3)17-23-34/h14-25,27-28,45-46H,6-13,26H2,1-5H3/b43-37+,44-38+. The molecule has 15 heteroatoms. The van der Waals surface area contributed by atoms with Crippen molar-refractivity contribution in [2.45, 2.75) is 88.5 Å². The molecule has 0 aliphatic heterocycles. The summed E-state index contributed by atoms with van der Waals surface area (Å²) in [6.07, 6.45) is 3.40. The fourth-order valence-electron chi connectivity index (χ4n) is 6.32. The second-order valence-electron chi connectivity index (χ2n) is 13.8. The van der Waals surface area contributed by atoms with Gasteiger partial charge in [-0.25, -0.2) is 0 Å². The molecule has 57 heavy (non-hydrogen) atoms. The maximum atomic E-state index is 13.3. The number of unbranched alkanes of at least 4 members (excludes halogenated alkanes) is 1. The molecule has 0 spiro atoms. The van der Waals surface area contributed by atoms with Gasteiger partial charge in [-0.1, -0.05) is 60.9 Å². The molecular formula is C42H49N5O8S2. The molecule has 2 N–H and O–H groups in total. The van der Waals surface area contributed by atoms with Crippen LogP contribution in [0.5, 0.6) is 0 Å². The van der Waals surface area contributed by atoms with Gasteiger partial charge in [0.1, 0.15) is 0 Å². The van der Waals surface area contributed by atoms with Crippen LogP contribution in [0.4, 0.5) is 0 Å². The highest BCUT2D eigenvalue weighted by Crippen LogP contribution is 2.32. The molecule has 1 heterocycles. The van der Waals surface area contributed by atoms with Crippen LogP contribution < -0.4 is 9.66 Å². The minimum atomic E-state index is -4.00. The number of sulfonamides is 2. The number of ether oxygens (including phenoxy) is 2. The zero-order valence-corrected chi connectivity index (χ0v) is 34.5. The lowest BCUT2D eigenvalue weighted by Gasteiger charge is -2.10. The predicted octanol–water partition coefficient (Wildman–Crippen LogP) is 7.26. The van der Waals surface area contributed by atoms with Crippen molar-refractivity contribution in [3.05, 3.63) is 107 Å². The van der Waals surface area contributed by atoms with Crippen LogP contribution in [-0.4, -0.2) is 59.0 Å². The Kier molecular flexibility index (Phi) is 14.3. The largest absolute Gasteiger partial charge is 0.469 e. The maximum absolute atomic E-state index is 13.3. The van der Waals surface area contributed by atoms with Gasteiger partial charge in [-0.15, -0.1) is 0 Å². The van der Waals surface area contributed by atoms with Crippen molar-refractivity contribution in [1.82, 2.24) is 14.2 Å². The van der Waals surface area contributed by atoms with Gasteiger partial charge in [0.05, 0.1) is 35.4 Å². The van der Waals surface area contributed by atoms with Gasteiger partial charge in [0.15, 0.2) is 0 Å². The first-order valence-corrected chi connectivity index (χ1v) is 21.7. The highest BCUT2D eigenvalue weighted by molar-refractivity contribution is 7.89. The number of aryl methyl sites for hydroxylation is 3. The number of hydrazone groups is 2. The molecule has 0 aliphatic carbocycles. The van der Waals surface area contributed by atoms with Crippen molar-refractivity contribution in [3.63, 3.8) is 0 Å². The number of methoxy groups -OCH3 is 2. The zero-order valence-electron chi connectivity index (χ0n) is 32.9. The van der Waals surface area contributed by atoms with Crippen LogP contribution in [0.15, 0.2) is 105 Å². The minimum Gasteiger partial charge on any atom is -0.469 e. The summed E-state index contributed by atoms with van der Waals surface area (Å²) in [7, 11) is -5.36. The highest BCUT2D eigenvalue weighted by Gasteiger charge is 2.19. The molecule has 0 saturated heterocycles. The second-order valence-corrected chi connectivity index (χ2v) is 17.1. The van der Waals surface area contributed by atoms with E-state index in [2.05, 4.69) is 31.4 Å². The van der Waals surface area contributed by atoms with E-state index >= 15 is 0 Å². The summed E-state index contributed by atoms with van der Waals surface area (Å²) in [5.41, 5.74) is 5.87. The number of aromatic nitrogens is 1. The lowest BCUT2D eigenvalue weighted by Crippen LogP contribution is -2.21. The number of nitrogens with one attached hydrogen (secondary N) is 2. The van der Waals surface area contributed by atoms with Crippen molar-refractivity contribution in [1.29, 1.82) is 0 Å². The Bertz CT molecular complexity index is 2340. The molecule has 0 unspecified atom stereocenters. The lowest BCUT2D eigenvalue weighted by atomic mass is 9.99. The van der Waals surface area contributed by atoms with Gasteiger partial charge in [-0.2, -0.15) is 36.7 Å². The summed E-state index contributed by atoms with van der Waals surface area (Å²) in [5.74, 6) is -0.774. The van der Waals surface area contributed by atoms with E-state index in [9.17, 15) is 26.4 Å². The van der Waals surface area contributed by atoms with Gasteiger partial charge in [-0.3, -0.25) is 9.59 Å². The fraction of sp³-hybridized carbons (Fsp3) is 0.333. The lowest BCUT2D eigenvalue weighted by molar-refractivity contribution is -0.141. The zero-order chi connectivity index (χ0) is 41.2. The summed E-state index contributed by atoms with van der Waals surface area (Å²) in [4.78, 5) is 28.9. The van der Waals surface area contributed by atoms with E-state index in [1.807, 2.05) is 50.2 Å². The molecule has 0 radical (unpaired) electrons. The van der Waals surface area contributed by atoms with Crippen LogP contribution in [0.25, 0.3) is 21.8 Å². The third-order valence-corrected chi connectivity index (χ3v) is 12.0. The number of fused-ring (bicyclic) bond motifs is 3. The van der Waals surface area contributed by atoms with E-state index in [1.54, 1.807) is 24.3 Å². The molecule has 0 aliphatic rings. The fourth-order valence-corrected chi connectivity index (χ4v) is 7.99. The van der Waals surface area contributed by atoms with Crippen LogP contribution in [0, 0.1) is 13.8 Å². The predicted molar refractivity (Wildman–Crippen MR) is 222 cm³/mol. The molecule has 0 amide bonds. The number of nitrogens with zero attached hydrogens (tertiary/aromatic N) is 3. The van der Waals surface area contributed by atoms with Crippen molar-refractivity contribution in [2.75, 3.05) is 14.2 Å². The van der Waals surface area contributed by atoms with Crippen LogP contribution in [0.2, 0.25) is 0 Å². The van der Waals surface area contributed by atoms with Crippen LogP contribution in [0.3, 0.4) is 0 Å². The number of hydrogen-bond acceptors (Lipinski definition) is 10. The van der Waals surface area contributed by atoms with Crippen molar-refractivity contribution in [3.8, 4) is 0 Å². The van der Waals surface area contributed by atoms with Crippen molar-refractivity contribution in [2.24, 2.45) is 10.2 Å². The Hall–Kier alpha value is -5.54. The normalized spacial score (nSPS) is 12.5. The molecule has 302 valence electrons. The minimum absolute atomic E-state index is 0.0675. The average Bonchev–Trinajstić information content (AvgIpc) is 3.51. The highest BCUT2D eigenvalue weighted by atomic mass is 32.2. The van der Waals surface area contributed by atoms with E-state index in [4.69, 9.17) is 9.47 Å². The summed E-state index contributed by atoms with van der Waals surface area (Å²) >= 11 is 0. The van der Waals surface area contributed by atoms with E-state index < -0.39 is 20.0 Å². The van der Waals surface area contributed by atoms with Gasteiger partial charge >= 0.3 is 11.9 Å². The topological polar surface area (TPSA) is 175 Å². The van der Waals surface area contributed by atoms with Gasteiger partial charge < -0.3 is 14.0 Å². The first kappa shape index (κ1) is 42.6.